The molecule has 3 nitrogen and oxygen atoms in total. The van der Waals surface area contributed by atoms with Crippen molar-refractivity contribution in [1.29, 1.82) is 0 Å². The van der Waals surface area contributed by atoms with Gasteiger partial charge in [0, 0.05) is 6.42 Å². The van der Waals surface area contributed by atoms with Crippen molar-refractivity contribution in [3.63, 3.8) is 0 Å². The molecule has 0 saturated carbocycles. The Morgan fingerprint density at radius 3 is 2.46 bits per heavy atom. The molecule has 0 radical (unpaired) electrons. The van der Waals surface area contributed by atoms with Crippen molar-refractivity contribution in [2.45, 2.75) is 25.4 Å². The number of methoxy groups -OCH3 is 1. The van der Waals surface area contributed by atoms with Gasteiger partial charge in [-0.25, -0.2) is 9.18 Å². The van der Waals surface area contributed by atoms with Crippen molar-refractivity contribution >= 4 is 27.7 Å². The SMILES string of the molecule is COC(=O)C(C)(F)CCC(=O)CBr. The highest BCUT2D eigenvalue weighted by Crippen LogP contribution is 2.19. The van der Waals surface area contributed by atoms with Crippen LogP contribution in [-0.2, 0) is 14.3 Å². The van der Waals surface area contributed by atoms with Crippen LogP contribution in [0.15, 0.2) is 0 Å². The largest absolute Gasteiger partial charge is 0.467 e. The first-order valence-corrected chi connectivity index (χ1v) is 4.91. The third-order valence-corrected chi connectivity index (χ3v) is 2.26. The molecule has 0 aromatic carbocycles. The lowest BCUT2D eigenvalue weighted by molar-refractivity contribution is -0.154. The Balaban J connectivity index is 4.03. The molecular weight excluding hydrogens is 243 g/mol. The molecule has 1 atom stereocenters. The highest BCUT2D eigenvalue weighted by molar-refractivity contribution is 9.09. The van der Waals surface area contributed by atoms with Crippen LogP contribution in [0.25, 0.3) is 0 Å². The van der Waals surface area contributed by atoms with Gasteiger partial charge in [0.15, 0.2) is 0 Å². The van der Waals surface area contributed by atoms with E-state index in [4.69, 9.17) is 0 Å². The van der Waals surface area contributed by atoms with E-state index in [1.165, 1.54) is 0 Å². The van der Waals surface area contributed by atoms with E-state index in [1.807, 2.05) is 0 Å². The smallest absolute Gasteiger partial charge is 0.343 e. The van der Waals surface area contributed by atoms with Gasteiger partial charge >= 0.3 is 5.97 Å². The summed E-state index contributed by atoms with van der Waals surface area (Å²) in [6.07, 6.45) is -0.0997. The fourth-order valence-electron chi connectivity index (χ4n) is 0.756. The monoisotopic (exact) mass is 254 g/mol. The molecule has 0 spiro atoms. The van der Waals surface area contributed by atoms with Gasteiger partial charge in [0.05, 0.1) is 12.4 Å². The standard InChI is InChI=1S/C8H12BrFO3/c1-8(10,7(12)13-2)4-3-6(11)5-9/h3-5H2,1-2H3. The van der Waals surface area contributed by atoms with Crippen LogP contribution in [0.5, 0.6) is 0 Å². The Kier molecular flexibility index (Phi) is 5.13. The van der Waals surface area contributed by atoms with Gasteiger partial charge in [-0.15, -0.1) is 0 Å². The van der Waals surface area contributed by atoms with Crippen molar-refractivity contribution in [2.75, 3.05) is 12.4 Å². The van der Waals surface area contributed by atoms with Gasteiger partial charge in [0.2, 0.25) is 5.67 Å². The van der Waals surface area contributed by atoms with Gasteiger partial charge in [-0.2, -0.15) is 0 Å². The molecule has 0 bridgehead atoms. The van der Waals surface area contributed by atoms with Gasteiger partial charge in [-0.05, 0) is 13.3 Å². The molecule has 0 fully saturated rings. The summed E-state index contributed by atoms with van der Waals surface area (Å²) in [6.45, 7) is 1.11. The van der Waals surface area contributed by atoms with Crippen LogP contribution in [0, 0.1) is 0 Å². The minimum atomic E-state index is -2.06. The lowest BCUT2D eigenvalue weighted by atomic mass is 10.0. The summed E-state index contributed by atoms with van der Waals surface area (Å²) >= 11 is 2.95. The molecule has 0 rings (SSSR count). The first-order valence-electron chi connectivity index (χ1n) is 3.79. The number of alkyl halides is 2. The highest BCUT2D eigenvalue weighted by Gasteiger charge is 2.34. The van der Waals surface area contributed by atoms with E-state index in [2.05, 4.69) is 20.7 Å². The van der Waals surface area contributed by atoms with E-state index < -0.39 is 11.6 Å². The van der Waals surface area contributed by atoms with E-state index in [-0.39, 0.29) is 24.0 Å². The second-order valence-corrected chi connectivity index (χ2v) is 3.42. The van der Waals surface area contributed by atoms with Crippen LogP contribution in [0.3, 0.4) is 0 Å². The van der Waals surface area contributed by atoms with Crippen molar-refractivity contribution < 1.29 is 18.7 Å². The zero-order valence-corrected chi connectivity index (χ0v) is 9.19. The third-order valence-electron chi connectivity index (χ3n) is 1.63. The number of ketones is 1. The summed E-state index contributed by atoms with van der Waals surface area (Å²) in [7, 11) is 1.12. The number of hydrogen-bond acceptors (Lipinski definition) is 3. The molecule has 0 aromatic heterocycles. The zero-order chi connectivity index (χ0) is 10.5. The number of halogens is 2. The molecule has 0 aliphatic rings. The summed E-state index contributed by atoms with van der Waals surface area (Å²) in [5.41, 5.74) is -2.06. The van der Waals surface area contributed by atoms with E-state index in [0.29, 0.717) is 0 Å². The molecule has 1 unspecified atom stereocenters. The molecule has 0 heterocycles. The summed E-state index contributed by atoms with van der Waals surface area (Å²) in [6, 6.07) is 0. The molecule has 0 aliphatic carbocycles. The molecule has 0 saturated heterocycles. The molecular formula is C8H12BrFO3. The third kappa shape index (κ3) is 4.36. The van der Waals surface area contributed by atoms with E-state index in [9.17, 15) is 14.0 Å². The van der Waals surface area contributed by atoms with Crippen LogP contribution in [0.2, 0.25) is 0 Å². The molecule has 0 aliphatic heterocycles. The molecule has 76 valence electrons. The Labute approximate surface area is 84.8 Å². The first-order chi connectivity index (χ1) is 5.94. The lowest BCUT2D eigenvalue weighted by Crippen LogP contribution is -2.32. The predicted octanol–water partition coefficient (Wildman–Crippen LogP) is 1.63. The summed E-state index contributed by atoms with van der Waals surface area (Å²) in [5.74, 6) is -1.07. The van der Waals surface area contributed by atoms with Gasteiger partial charge in [0.1, 0.15) is 5.78 Å². The van der Waals surface area contributed by atoms with E-state index in [1.54, 1.807) is 0 Å². The Bertz CT molecular complexity index is 204. The molecule has 0 aromatic rings. The maximum atomic E-state index is 13.3. The number of ether oxygens (including phenoxy) is 1. The average molecular weight is 255 g/mol. The molecule has 0 amide bonds. The normalized spacial score (nSPS) is 14.8. The minimum Gasteiger partial charge on any atom is -0.467 e. The summed E-state index contributed by atoms with van der Waals surface area (Å²) < 4.78 is 17.6. The maximum absolute atomic E-state index is 13.3. The van der Waals surface area contributed by atoms with Crippen LogP contribution >= 0.6 is 15.9 Å². The number of esters is 1. The molecule has 0 N–H and O–H groups in total. The topological polar surface area (TPSA) is 43.4 Å². The lowest BCUT2D eigenvalue weighted by Gasteiger charge is -2.16. The van der Waals surface area contributed by atoms with Crippen molar-refractivity contribution in [3.8, 4) is 0 Å². The minimum absolute atomic E-state index is 0.0351. The number of carbonyl (C=O) groups is 2. The average Bonchev–Trinajstić information content (AvgIpc) is 2.12. The van der Waals surface area contributed by atoms with Gasteiger partial charge in [0.25, 0.3) is 0 Å². The number of rotatable bonds is 5. The predicted molar refractivity (Wildman–Crippen MR) is 49.6 cm³/mol. The van der Waals surface area contributed by atoms with Crippen LogP contribution in [0.1, 0.15) is 19.8 Å². The Hall–Kier alpha value is -0.450. The summed E-state index contributed by atoms with van der Waals surface area (Å²) in [4.78, 5) is 21.6. The van der Waals surface area contributed by atoms with Crippen LogP contribution in [-0.4, -0.2) is 29.9 Å². The van der Waals surface area contributed by atoms with Crippen molar-refractivity contribution in [3.05, 3.63) is 0 Å². The van der Waals surface area contributed by atoms with Gasteiger partial charge < -0.3 is 4.74 Å². The van der Waals surface area contributed by atoms with Crippen LogP contribution in [0.4, 0.5) is 4.39 Å². The number of Topliss-reactive ketones (excluding diaryl/α,β-unsaturated/α-hetero) is 1. The first kappa shape index (κ1) is 12.6. The molecule has 13 heavy (non-hydrogen) atoms. The number of carbonyl (C=O) groups excluding carboxylic acids is 2. The van der Waals surface area contributed by atoms with E-state index in [0.717, 1.165) is 14.0 Å². The maximum Gasteiger partial charge on any atom is 0.343 e. The van der Waals surface area contributed by atoms with Gasteiger partial charge in [-0.3, -0.25) is 4.79 Å². The quantitative estimate of drug-likeness (QED) is 0.554. The second-order valence-electron chi connectivity index (χ2n) is 2.86. The van der Waals surface area contributed by atoms with Gasteiger partial charge in [-0.1, -0.05) is 15.9 Å². The fourth-order valence-corrected chi connectivity index (χ4v) is 1.04. The Morgan fingerprint density at radius 1 is 1.54 bits per heavy atom. The molecule has 5 heteroatoms. The van der Waals surface area contributed by atoms with Crippen molar-refractivity contribution in [1.82, 2.24) is 0 Å². The summed E-state index contributed by atoms with van der Waals surface area (Å²) in [5, 5.41) is 0.185. The fraction of sp³-hybridized carbons (Fsp3) is 0.750. The Morgan fingerprint density at radius 2 is 2.08 bits per heavy atom. The van der Waals surface area contributed by atoms with Crippen molar-refractivity contribution in [2.24, 2.45) is 0 Å². The second kappa shape index (κ2) is 5.32. The van der Waals surface area contributed by atoms with E-state index >= 15 is 0 Å². The zero-order valence-electron chi connectivity index (χ0n) is 7.60. The highest BCUT2D eigenvalue weighted by atomic mass is 79.9. The van der Waals surface area contributed by atoms with Crippen LogP contribution < -0.4 is 0 Å². The number of hydrogen-bond donors (Lipinski definition) is 0.